The van der Waals surface area contributed by atoms with Gasteiger partial charge in [0.2, 0.25) is 0 Å². The van der Waals surface area contributed by atoms with Crippen molar-refractivity contribution in [1.29, 1.82) is 0 Å². The van der Waals surface area contributed by atoms with Crippen LogP contribution in [0.3, 0.4) is 0 Å². The van der Waals surface area contributed by atoms with Gasteiger partial charge in [0.25, 0.3) is 0 Å². The zero-order valence-electron chi connectivity index (χ0n) is 15.0. The van der Waals surface area contributed by atoms with E-state index in [4.69, 9.17) is 9.47 Å². The Morgan fingerprint density at radius 3 is 2.28 bits per heavy atom. The molecule has 6 heteroatoms. The number of hydrogen-bond donors (Lipinski definition) is 1. The van der Waals surface area contributed by atoms with Crippen molar-refractivity contribution in [1.82, 2.24) is 0 Å². The SMILES string of the molecule is CC(C)(C)OC(=O)CCCC[C@@H](C(=O)O)C(=O)OCc1ccccc1. The molecule has 0 heterocycles. The summed E-state index contributed by atoms with van der Waals surface area (Å²) in [5.41, 5.74) is 0.256. The van der Waals surface area contributed by atoms with Crippen LogP contribution >= 0.6 is 0 Å². The summed E-state index contributed by atoms with van der Waals surface area (Å²) in [5.74, 6) is -3.52. The molecule has 1 atom stereocenters. The lowest BCUT2D eigenvalue weighted by Crippen LogP contribution is -2.26. The molecule has 0 spiro atoms. The second kappa shape index (κ2) is 9.81. The Balaban J connectivity index is 2.37. The maximum absolute atomic E-state index is 12.0. The Morgan fingerprint density at radius 1 is 1.08 bits per heavy atom. The van der Waals surface area contributed by atoms with Crippen LogP contribution in [0.1, 0.15) is 52.0 Å². The molecule has 0 aromatic heterocycles. The van der Waals surface area contributed by atoms with Crippen LogP contribution in [0.25, 0.3) is 0 Å². The molecular weight excluding hydrogens is 324 g/mol. The van der Waals surface area contributed by atoms with E-state index in [1.807, 2.05) is 18.2 Å². The number of esters is 2. The highest BCUT2D eigenvalue weighted by molar-refractivity contribution is 5.93. The first-order valence-electron chi connectivity index (χ1n) is 8.34. The maximum atomic E-state index is 12.0. The molecule has 0 fully saturated rings. The number of carbonyl (C=O) groups excluding carboxylic acids is 2. The van der Waals surface area contributed by atoms with Crippen molar-refractivity contribution in [2.45, 2.75) is 58.7 Å². The van der Waals surface area contributed by atoms with Crippen LogP contribution < -0.4 is 0 Å². The highest BCUT2D eigenvalue weighted by Gasteiger charge is 2.27. The van der Waals surface area contributed by atoms with Gasteiger partial charge in [0.1, 0.15) is 12.2 Å². The van der Waals surface area contributed by atoms with Gasteiger partial charge in [-0.2, -0.15) is 0 Å². The van der Waals surface area contributed by atoms with Crippen molar-refractivity contribution in [3.8, 4) is 0 Å². The van der Waals surface area contributed by atoms with Crippen molar-refractivity contribution >= 4 is 17.9 Å². The topological polar surface area (TPSA) is 89.9 Å². The predicted octanol–water partition coefficient (Wildman–Crippen LogP) is 3.33. The van der Waals surface area contributed by atoms with E-state index >= 15 is 0 Å². The molecule has 1 aromatic rings. The molecule has 0 bridgehead atoms. The minimum Gasteiger partial charge on any atom is -0.481 e. The summed E-state index contributed by atoms with van der Waals surface area (Å²) in [4.78, 5) is 34.9. The molecule has 0 aliphatic heterocycles. The Hall–Kier alpha value is -2.37. The van der Waals surface area contributed by atoms with Crippen molar-refractivity contribution in [2.75, 3.05) is 0 Å². The summed E-state index contributed by atoms with van der Waals surface area (Å²) in [6.45, 7) is 5.40. The highest BCUT2D eigenvalue weighted by atomic mass is 16.6. The smallest absolute Gasteiger partial charge is 0.320 e. The zero-order chi connectivity index (χ0) is 18.9. The van der Waals surface area contributed by atoms with E-state index in [1.54, 1.807) is 32.9 Å². The third-order valence-electron chi connectivity index (χ3n) is 3.35. The molecule has 1 aromatic carbocycles. The number of aliphatic carboxylic acids is 1. The minimum absolute atomic E-state index is 0.0430. The number of unbranched alkanes of at least 4 members (excludes halogenated alkanes) is 1. The van der Waals surface area contributed by atoms with E-state index < -0.39 is 23.5 Å². The first-order valence-corrected chi connectivity index (χ1v) is 8.34. The second-order valence-corrected chi connectivity index (χ2v) is 6.82. The van der Waals surface area contributed by atoms with Crippen LogP contribution in [0.5, 0.6) is 0 Å². The monoisotopic (exact) mass is 350 g/mol. The number of rotatable bonds is 9. The van der Waals surface area contributed by atoms with Crippen molar-refractivity contribution in [3.63, 3.8) is 0 Å². The largest absolute Gasteiger partial charge is 0.481 e. The standard InChI is InChI=1S/C19H26O6/c1-19(2,3)25-16(20)12-8-7-11-15(17(21)22)18(23)24-13-14-9-5-4-6-10-14/h4-6,9-10,15H,7-8,11-13H2,1-3H3,(H,21,22)/t15-/m0/s1. The van der Waals surface area contributed by atoms with Crippen molar-refractivity contribution in [2.24, 2.45) is 5.92 Å². The molecule has 0 saturated heterocycles. The Labute approximate surface area is 148 Å². The van der Waals surface area contributed by atoms with Crippen molar-refractivity contribution in [3.05, 3.63) is 35.9 Å². The van der Waals surface area contributed by atoms with Gasteiger partial charge in [-0.05, 0) is 39.2 Å². The van der Waals surface area contributed by atoms with Crippen LogP contribution in [0.2, 0.25) is 0 Å². The van der Waals surface area contributed by atoms with Crippen LogP contribution in [-0.4, -0.2) is 28.6 Å². The molecule has 0 aliphatic rings. The van der Waals surface area contributed by atoms with Crippen molar-refractivity contribution < 1.29 is 29.0 Å². The lowest BCUT2D eigenvalue weighted by molar-refractivity contribution is -0.160. The van der Waals surface area contributed by atoms with E-state index in [0.29, 0.717) is 12.8 Å². The molecule has 6 nitrogen and oxygen atoms in total. The number of benzene rings is 1. The van der Waals surface area contributed by atoms with E-state index in [1.165, 1.54) is 0 Å². The Kier molecular flexibility index (Phi) is 8.11. The van der Waals surface area contributed by atoms with Gasteiger partial charge in [0.05, 0.1) is 0 Å². The van der Waals surface area contributed by atoms with Crippen LogP contribution in [0, 0.1) is 5.92 Å². The lowest BCUT2D eigenvalue weighted by Gasteiger charge is -2.19. The number of carboxylic acids is 1. The molecule has 0 amide bonds. The molecule has 1 N–H and O–H groups in total. The van der Waals surface area contributed by atoms with Gasteiger partial charge in [-0.15, -0.1) is 0 Å². The zero-order valence-corrected chi connectivity index (χ0v) is 15.0. The first kappa shape index (κ1) is 20.7. The average Bonchev–Trinajstić information content (AvgIpc) is 2.51. The summed E-state index contributed by atoms with van der Waals surface area (Å²) in [5, 5.41) is 9.21. The van der Waals surface area contributed by atoms with Crippen LogP contribution in [0.4, 0.5) is 0 Å². The molecular formula is C19H26O6. The summed E-state index contributed by atoms with van der Waals surface area (Å²) in [6.07, 6.45) is 1.22. The fraction of sp³-hybridized carbons (Fsp3) is 0.526. The Bertz CT molecular complexity index is 573. The van der Waals surface area contributed by atoms with Gasteiger partial charge in [0.15, 0.2) is 5.92 Å². The molecule has 138 valence electrons. The minimum atomic E-state index is -1.22. The Morgan fingerprint density at radius 2 is 1.72 bits per heavy atom. The van der Waals surface area contributed by atoms with Gasteiger partial charge in [-0.25, -0.2) is 0 Å². The number of carboxylic acid groups (broad SMARTS) is 1. The lowest BCUT2D eigenvalue weighted by atomic mass is 10.0. The third-order valence-corrected chi connectivity index (χ3v) is 3.35. The maximum Gasteiger partial charge on any atom is 0.320 e. The summed E-state index contributed by atoms with van der Waals surface area (Å²) >= 11 is 0. The summed E-state index contributed by atoms with van der Waals surface area (Å²) < 4.78 is 10.3. The van der Waals surface area contributed by atoms with Gasteiger partial charge < -0.3 is 14.6 Å². The van der Waals surface area contributed by atoms with Gasteiger partial charge in [0, 0.05) is 6.42 Å². The molecule has 1 rings (SSSR count). The number of hydrogen-bond acceptors (Lipinski definition) is 5. The van der Waals surface area contributed by atoms with Crippen LogP contribution in [0.15, 0.2) is 30.3 Å². The fourth-order valence-electron chi connectivity index (χ4n) is 2.18. The average molecular weight is 350 g/mol. The first-order chi connectivity index (χ1) is 11.7. The second-order valence-electron chi connectivity index (χ2n) is 6.82. The van der Waals surface area contributed by atoms with E-state index in [2.05, 4.69) is 0 Å². The highest BCUT2D eigenvalue weighted by Crippen LogP contribution is 2.15. The molecule has 25 heavy (non-hydrogen) atoms. The molecule has 0 aliphatic carbocycles. The predicted molar refractivity (Wildman–Crippen MR) is 91.7 cm³/mol. The van der Waals surface area contributed by atoms with E-state index in [0.717, 1.165) is 5.56 Å². The van der Waals surface area contributed by atoms with Crippen LogP contribution in [-0.2, 0) is 30.5 Å². The fourth-order valence-corrected chi connectivity index (χ4v) is 2.18. The number of ether oxygens (including phenoxy) is 2. The number of carbonyl (C=O) groups is 3. The van der Waals surface area contributed by atoms with Gasteiger partial charge >= 0.3 is 17.9 Å². The van der Waals surface area contributed by atoms with E-state index in [-0.39, 0.29) is 25.4 Å². The summed E-state index contributed by atoms with van der Waals surface area (Å²) in [7, 11) is 0. The molecule has 0 radical (unpaired) electrons. The van der Waals surface area contributed by atoms with Gasteiger partial charge in [-0.1, -0.05) is 36.8 Å². The van der Waals surface area contributed by atoms with Gasteiger partial charge in [-0.3, -0.25) is 14.4 Å². The summed E-state index contributed by atoms with van der Waals surface area (Å²) in [6, 6.07) is 9.06. The normalized spacial score (nSPS) is 12.3. The quantitative estimate of drug-likeness (QED) is 0.417. The van der Waals surface area contributed by atoms with E-state index in [9.17, 15) is 19.5 Å². The molecule has 0 saturated carbocycles. The molecule has 0 unspecified atom stereocenters. The third kappa shape index (κ3) is 8.88.